The van der Waals surface area contributed by atoms with Gasteiger partial charge in [0.15, 0.2) is 0 Å². The Labute approximate surface area is 138 Å². The van der Waals surface area contributed by atoms with E-state index in [1.807, 2.05) is 19.1 Å². The highest BCUT2D eigenvalue weighted by Gasteiger charge is 2.20. The Bertz CT molecular complexity index is 572. The molecule has 5 nitrogen and oxygen atoms in total. The van der Waals surface area contributed by atoms with Crippen LogP contribution in [0.2, 0.25) is 0 Å². The standard InChI is InChI=1S/C15H24N2O3S2/c1-13(12-21)14-4-2-3-5-15(14)22(18,19)16-6-7-17-8-10-20-11-9-17/h2-5,13,16,21H,6-12H2,1H3/t13-/m0/s1. The molecule has 0 bridgehead atoms. The molecule has 7 heteroatoms. The second kappa shape index (κ2) is 8.31. The van der Waals surface area contributed by atoms with Crippen LogP contribution in [0.25, 0.3) is 0 Å². The summed E-state index contributed by atoms with van der Waals surface area (Å²) in [6, 6.07) is 7.14. The Morgan fingerprint density at radius 2 is 2.00 bits per heavy atom. The minimum absolute atomic E-state index is 0.0929. The summed E-state index contributed by atoms with van der Waals surface area (Å²) in [6.07, 6.45) is 0. The maximum absolute atomic E-state index is 12.5. The minimum atomic E-state index is -3.49. The van der Waals surface area contributed by atoms with Crippen molar-refractivity contribution in [1.82, 2.24) is 9.62 Å². The van der Waals surface area contributed by atoms with Gasteiger partial charge in [-0.2, -0.15) is 12.6 Å². The Balaban J connectivity index is 2.00. The van der Waals surface area contributed by atoms with Crippen molar-refractivity contribution in [3.05, 3.63) is 29.8 Å². The molecule has 22 heavy (non-hydrogen) atoms. The fraction of sp³-hybridized carbons (Fsp3) is 0.600. The van der Waals surface area contributed by atoms with Gasteiger partial charge in [0.2, 0.25) is 10.0 Å². The summed E-state index contributed by atoms with van der Waals surface area (Å²) in [5, 5.41) is 0. The van der Waals surface area contributed by atoms with E-state index in [0.717, 1.165) is 31.9 Å². The van der Waals surface area contributed by atoms with Crippen molar-refractivity contribution in [2.45, 2.75) is 17.7 Å². The van der Waals surface area contributed by atoms with E-state index in [1.165, 1.54) is 0 Å². The molecular weight excluding hydrogens is 320 g/mol. The molecule has 1 aliphatic heterocycles. The van der Waals surface area contributed by atoms with Gasteiger partial charge in [-0.25, -0.2) is 13.1 Å². The van der Waals surface area contributed by atoms with Gasteiger partial charge in [0.1, 0.15) is 0 Å². The first-order valence-electron chi connectivity index (χ1n) is 7.54. The molecule has 0 unspecified atom stereocenters. The number of nitrogens with zero attached hydrogens (tertiary/aromatic N) is 1. The maximum Gasteiger partial charge on any atom is 0.240 e. The van der Waals surface area contributed by atoms with Crippen molar-refractivity contribution in [3.63, 3.8) is 0 Å². The Hall–Kier alpha value is -0.600. The lowest BCUT2D eigenvalue weighted by molar-refractivity contribution is 0.0390. The molecule has 1 fully saturated rings. The van der Waals surface area contributed by atoms with Crippen LogP contribution in [0.3, 0.4) is 0 Å². The van der Waals surface area contributed by atoms with E-state index in [-0.39, 0.29) is 5.92 Å². The van der Waals surface area contributed by atoms with Crippen LogP contribution in [0.4, 0.5) is 0 Å². The maximum atomic E-state index is 12.5. The first kappa shape index (κ1) is 17.7. The normalized spacial score (nSPS) is 18.3. The van der Waals surface area contributed by atoms with Crippen LogP contribution >= 0.6 is 12.6 Å². The first-order chi connectivity index (χ1) is 10.5. The molecule has 1 aromatic rings. The van der Waals surface area contributed by atoms with E-state index in [1.54, 1.807) is 12.1 Å². The highest BCUT2D eigenvalue weighted by Crippen LogP contribution is 2.24. The summed E-state index contributed by atoms with van der Waals surface area (Å²) >= 11 is 4.28. The van der Waals surface area contributed by atoms with Gasteiger partial charge in [-0.1, -0.05) is 25.1 Å². The number of morpholine rings is 1. The molecule has 0 amide bonds. The lowest BCUT2D eigenvalue weighted by Gasteiger charge is -2.26. The van der Waals surface area contributed by atoms with E-state index >= 15 is 0 Å². The molecular formula is C15H24N2O3S2. The highest BCUT2D eigenvalue weighted by atomic mass is 32.2. The first-order valence-corrected chi connectivity index (χ1v) is 9.65. The fourth-order valence-electron chi connectivity index (χ4n) is 2.47. The van der Waals surface area contributed by atoms with Crippen LogP contribution < -0.4 is 4.72 Å². The number of sulfonamides is 1. The molecule has 0 aliphatic carbocycles. The second-order valence-electron chi connectivity index (χ2n) is 5.47. The topological polar surface area (TPSA) is 58.6 Å². The lowest BCUT2D eigenvalue weighted by atomic mass is 10.0. The molecule has 1 N–H and O–H groups in total. The largest absolute Gasteiger partial charge is 0.379 e. The molecule has 2 rings (SSSR count). The average Bonchev–Trinajstić information content (AvgIpc) is 2.55. The summed E-state index contributed by atoms with van der Waals surface area (Å²) < 4.78 is 33.1. The number of rotatable bonds is 7. The van der Waals surface area contributed by atoms with Crippen molar-refractivity contribution in [1.29, 1.82) is 0 Å². The average molecular weight is 345 g/mol. The molecule has 1 aromatic carbocycles. The Morgan fingerprint density at radius 1 is 1.32 bits per heavy atom. The van der Waals surface area contributed by atoms with Gasteiger partial charge in [-0.05, 0) is 23.3 Å². The summed E-state index contributed by atoms with van der Waals surface area (Å²) in [5.74, 6) is 0.704. The van der Waals surface area contributed by atoms with Crippen LogP contribution in [0.1, 0.15) is 18.4 Å². The van der Waals surface area contributed by atoms with Gasteiger partial charge in [0.25, 0.3) is 0 Å². The summed E-state index contributed by atoms with van der Waals surface area (Å²) in [7, 11) is -3.49. The Kier molecular flexibility index (Phi) is 6.70. The van der Waals surface area contributed by atoms with Crippen LogP contribution in [0.15, 0.2) is 29.2 Å². The second-order valence-corrected chi connectivity index (χ2v) is 7.57. The number of thiol groups is 1. The van der Waals surface area contributed by atoms with Crippen LogP contribution in [0.5, 0.6) is 0 Å². The number of benzene rings is 1. The van der Waals surface area contributed by atoms with Gasteiger partial charge in [0, 0.05) is 26.2 Å². The molecule has 0 aromatic heterocycles. The zero-order valence-corrected chi connectivity index (χ0v) is 14.6. The number of ether oxygens (including phenoxy) is 1. The van der Waals surface area contributed by atoms with Gasteiger partial charge in [-0.3, -0.25) is 4.90 Å². The predicted molar refractivity (Wildman–Crippen MR) is 91.2 cm³/mol. The number of hydrogen-bond acceptors (Lipinski definition) is 5. The van der Waals surface area contributed by atoms with E-state index in [4.69, 9.17) is 4.74 Å². The third kappa shape index (κ3) is 4.70. The van der Waals surface area contributed by atoms with Crippen LogP contribution in [0, 0.1) is 0 Å². The van der Waals surface area contributed by atoms with Crippen LogP contribution in [-0.2, 0) is 14.8 Å². The van der Waals surface area contributed by atoms with Crippen molar-refractivity contribution >= 4 is 22.7 Å². The van der Waals surface area contributed by atoms with Crippen molar-refractivity contribution in [2.24, 2.45) is 0 Å². The molecule has 1 atom stereocenters. The van der Waals surface area contributed by atoms with E-state index < -0.39 is 10.0 Å². The highest BCUT2D eigenvalue weighted by molar-refractivity contribution is 7.89. The quantitative estimate of drug-likeness (QED) is 0.733. The lowest BCUT2D eigenvalue weighted by Crippen LogP contribution is -2.41. The monoisotopic (exact) mass is 344 g/mol. The van der Waals surface area contributed by atoms with E-state index in [9.17, 15) is 8.42 Å². The SMILES string of the molecule is C[C@@H](CS)c1ccccc1S(=O)(=O)NCCN1CCOCC1. The molecule has 1 saturated heterocycles. The third-order valence-electron chi connectivity index (χ3n) is 3.84. The molecule has 1 aliphatic rings. The molecule has 1 heterocycles. The number of hydrogen-bond donors (Lipinski definition) is 2. The smallest absolute Gasteiger partial charge is 0.240 e. The summed E-state index contributed by atoms with van der Waals surface area (Å²) in [6.45, 7) is 6.24. The van der Waals surface area contributed by atoms with Gasteiger partial charge in [-0.15, -0.1) is 0 Å². The predicted octanol–water partition coefficient (Wildman–Crippen LogP) is 1.33. The Morgan fingerprint density at radius 3 is 2.68 bits per heavy atom. The zero-order chi connectivity index (χ0) is 16.0. The molecule has 0 radical (unpaired) electrons. The van der Waals surface area contributed by atoms with Crippen molar-refractivity contribution in [3.8, 4) is 0 Å². The zero-order valence-electron chi connectivity index (χ0n) is 12.9. The van der Waals surface area contributed by atoms with Crippen LogP contribution in [-0.4, -0.2) is 58.5 Å². The van der Waals surface area contributed by atoms with E-state index in [0.29, 0.717) is 23.7 Å². The molecule has 0 saturated carbocycles. The third-order valence-corrected chi connectivity index (χ3v) is 5.92. The summed E-state index contributed by atoms with van der Waals surface area (Å²) in [5.41, 5.74) is 0.816. The van der Waals surface area contributed by atoms with Crippen molar-refractivity contribution < 1.29 is 13.2 Å². The molecule has 124 valence electrons. The minimum Gasteiger partial charge on any atom is -0.379 e. The summed E-state index contributed by atoms with van der Waals surface area (Å²) in [4.78, 5) is 2.56. The van der Waals surface area contributed by atoms with Gasteiger partial charge >= 0.3 is 0 Å². The molecule has 0 spiro atoms. The van der Waals surface area contributed by atoms with Gasteiger partial charge in [0.05, 0.1) is 18.1 Å². The fourth-order valence-corrected chi connectivity index (χ4v) is 4.02. The number of nitrogens with one attached hydrogen (secondary N) is 1. The van der Waals surface area contributed by atoms with E-state index in [2.05, 4.69) is 22.3 Å². The van der Waals surface area contributed by atoms with Gasteiger partial charge < -0.3 is 4.74 Å². The van der Waals surface area contributed by atoms with Crippen molar-refractivity contribution in [2.75, 3.05) is 45.1 Å².